The lowest BCUT2D eigenvalue weighted by molar-refractivity contribution is 0.102. The number of hydrogen-bond acceptors (Lipinski definition) is 4. The van der Waals surface area contributed by atoms with E-state index in [9.17, 15) is 5.11 Å². The third-order valence-corrected chi connectivity index (χ3v) is 5.18. The topological polar surface area (TPSA) is 44.7 Å². The van der Waals surface area contributed by atoms with Crippen LogP contribution in [0.1, 0.15) is 45.4 Å². The summed E-state index contributed by atoms with van der Waals surface area (Å²) in [4.78, 5) is 2.59. The van der Waals surface area contributed by atoms with Gasteiger partial charge in [-0.1, -0.05) is 13.3 Å². The quantitative estimate of drug-likeness (QED) is 0.640. The first-order chi connectivity index (χ1) is 9.75. The Labute approximate surface area is 123 Å². The summed E-state index contributed by atoms with van der Waals surface area (Å²) < 4.78 is 5.23. The van der Waals surface area contributed by atoms with Gasteiger partial charge >= 0.3 is 0 Å². The number of nitrogens with zero attached hydrogens (tertiary/aromatic N) is 1. The molecule has 2 N–H and O–H groups in total. The fourth-order valence-corrected chi connectivity index (χ4v) is 3.86. The number of likely N-dealkylation sites (N-methyl/N-ethyl adjacent to an activating group) is 1. The Hall–Kier alpha value is -0.160. The van der Waals surface area contributed by atoms with Gasteiger partial charge in [0.05, 0.1) is 13.2 Å². The lowest BCUT2D eigenvalue weighted by Gasteiger charge is -2.36. The fraction of sp³-hybridized carbons (Fsp3) is 1.00. The number of hydrogen-bond donors (Lipinski definition) is 2. The Bertz CT molecular complexity index is 284. The molecule has 118 valence electrons. The SMILES string of the molecule is CCNC1(CO)CCCC1CCN(CCOC)C1CC1. The first-order valence-electron chi connectivity index (χ1n) is 8.34. The number of nitrogens with one attached hydrogen (secondary N) is 1. The molecule has 4 nitrogen and oxygen atoms in total. The smallest absolute Gasteiger partial charge is 0.0616 e. The van der Waals surface area contributed by atoms with Crippen molar-refractivity contribution in [1.82, 2.24) is 10.2 Å². The first kappa shape index (κ1) is 16.2. The van der Waals surface area contributed by atoms with Crippen molar-refractivity contribution in [3.05, 3.63) is 0 Å². The van der Waals surface area contributed by atoms with Crippen molar-refractivity contribution in [2.45, 2.75) is 57.0 Å². The van der Waals surface area contributed by atoms with Gasteiger partial charge in [0.1, 0.15) is 0 Å². The summed E-state index contributed by atoms with van der Waals surface area (Å²) in [5.74, 6) is 0.622. The van der Waals surface area contributed by atoms with Crippen molar-refractivity contribution < 1.29 is 9.84 Å². The number of aliphatic hydroxyl groups excluding tert-OH is 1. The van der Waals surface area contributed by atoms with E-state index in [1.54, 1.807) is 7.11 Å². The summed E-state index contributed by atoms with van der Waals surface area (Å²) in [5, 5.41) is 13.4. The minimum absolute atomic E-state index is 0.00870. The van der Waals surface area contributed by atoms with E-state index >= 15 is 0 Å². The van der Waals surface area contributed by atoms with E-state index in [2.05, 4.69) is 17.1 Å². The summed E-state index contributed by atoms with van der Waals surface area (Å²) in [7, 11) is 1.78. The molecular weight excluding hydrogens is 252 g/mol. The van der Waals surface area contributed by atoms with Gasteiger partial charge in [0.2, 0.25) is 0 Å². The van der Waals surface area contributed by atoms with Crippen LogP contribution in [-0.2, 0) is 4.74 Å². The van der Waals surface area contributed by atoms with Gasteiger partial charge in [-0.3, -0.25) is 4.90 Å². The molecule has 0 aromatic carbocycles. The molecule has 0 aromatic rings. The van der Waals surface area contributed by atoms with Gasteiger partial charge in [0.15, 0.2) is 0 Å². The minimum atomic E-state index is -0.00870. The molecule has 0 radical (unpaired) electrons. The van der Waals surface area contributed by atoms with E-state index in [1.165, 1.54) is 32.1 Å². The zero-order chi connectivity index (χ0) is 14.4. The average molecular weight is 284 g/mol. The van der Waals surface area contributed by atoms with Crippen molar-refractivity contribution in [2.24, 2.45) is 5.92 Å². The summed E-state index contributed by atoms with van der Waals surface area (Å²) in [5.41, 5.74) is -0.00870. The van der Waals surface area contributed by atoms with E-state index in [0.717, 1.165) is 38.7 Å². The van der Waals surface area contributed by atoms with Crippen LogP contribution in [0.4, 0.5) is 0 Å². The molecule has 2 aliphatic carbocycles. The van der Waals surface area contributed by atoms with Crippen LogP contribution in [0.15, 0.2) is 0 Å². The number of aliphatic hydroxyl groups is 1. The first-order valence-corrected chi connectivity index (χ1v) is 8.34. The average Bonchev–Trinajstić information content (AvgIpc) is 3.22. The largest absolute Gasteiger partial charge is 0.394 e. The highest BCUT2D eigenvalue weighted by molar-refractivity contribution is 4.99. The molecule has 2 aliphatic rings. The van der Waals surface area contributed by atoms with Crippen LogP contribution < -0.4 is 5.32 Å². The molecule has 2 atom stereocenters. The molecule has 0 bridgehead atoms. The lowest BCUT2D eigenvalue weighted by Crippen LogP contribution is -2.52. The van der Waals surface area contributed by atoms with E-state index in [-0.39, 0.29) is 12.1 Å². The highest BCUT2D eigenvalue weighted by Gasteiger charge is 2.41. The second-order valence-electron chi connectivity index (χ2n) is 6.48. The minimum Gasteiger partial charge on any atom is -0.394 e. The third kappa shape index (κ3) is 3.94. The maximum absolute atomic E-state index is 9.85. The molecule has 0 saturated heterocycles. The van der Waals surface area contributed by atoms with E-state index in [4.69, 9.17) is 4.74 Å². The highest BCUT2D eigenvalue weighted by atomic mass is 16.5. The highest BCUT2D eigenvalue weighted by Crippen LogP contribution is 2.38. The predicted molar refractivity (Wildman–Crippen MR) is 81.9 cm³/mol. The number of methoxy groups -OCH3 is 1. The van der Waals surface area contributed by atoms with Gasteiger partial charge in [0, 0.05) is 25.2 Å². The Morgan fingerprint density at radius 2 is 2.10 bits per heavy atom. The Morgan fingerprint density at radius 3 is 2.70 bits per heavy atom. The maximum atomic E-state index is 9.85. The van der Waals surface area contributed by atoms with Gasteiger partial charge in [-0.15, -0.1) is 0 Å². The second kappa shape index (κ2) is 7.74. The van der Waals surface area contributed by atoms with Gasteiger partial charge < -0.3 is 15.2 Å². The predicted octanol–water partition coefficient (Wildman–Crippen LogP) is 1.63. The molecule has 2 fully saturated rings. The molecule has 2 saturated carbocycles. The van der Waals surface area contributed by atoms with Crippen LogP contribution >= 0.6 is 0 Å². The van der Waals surface area contributed by atoms with E-state index in [0.29, 0.717) is 5.92 Å². The Morgan fingerprint density at radius 1 is 1.30 bits per heavy atom. The normalized spacial score (nSPS) is 30.3. The molecule has 20 heavy (non-hydrogen) atoms. The molecule has 2 unspecified atom stereocenters. The standard InChI is InChI=1S/C16H32N2O2/c1-3-17-16(13-19)9-4-5-14(16)8-10-18(11-12-20-2)15-6-7-15/h14-15,17,19H,3-13H2,1-2H3. The van der Waals surface area contributed by atoms with Crippen LogP contribution in [0.5, 0.6) is 0 Å². The Kier molecular flexibility index (Phi) is 6.27. The van der Waals surface area contributed by atoms with Gasteiger partial charge in [-0.2, -0.15) is 0 Å². The van der Waals surface area contributed by atoms with Crippen molar-refractivity contribution in [3.8, 4) is 0 Å². The van der Waals surface area contributed by atoms with Crippen molar-refractivity contribution in [2.75, 3.05) is 40.0 Å². The maximum Gasteiger partial charge on any atom is 0.0616 e. The van der Waals surface area contributed by atoms with Crippen LogP contribution in [0.3, 0.4) is 0 Å². The molecular formula is C16H32N2O2. The van der Waals surface area contributed by atoms with Crippen molar-refractivity contribution in [3.63, 3.8) is 0 Å². The van der Waals surface area contributed by atoms with E-state index < -0.39 is 0 Å². The number of rotatable bonds is 10. The van der Waals surface area contributed by atoms with Crippen LogP contribution in [0.25, 0.3) is 0 Å². The zero-order valence-electron chi connectivity index (χ0n) is 13.2. The third-order valence-electron chi connectivity index (χ3n) is 5.18. The molecule has 2 rings (SSSR count). The monoisotopic (exact) mass is 284 g/mol. The summed E-state index contributed by atoms with van der Waals surface area (Å²) in [6, 6.07) is 0.800. The molecule has 0 spiro atoms. The van der Waals surface area contributed by atoms with Gasteiger partial charge in [-0.05, 0) is 51.1 Å². The van der Waals surface area contributed by atoms with Crippen LogP contribution in [0, 0.1) is 5.92 Å². The fourth-order valence-electron chi connectivity index (χ4n) is 3.86. The summed E-state index contributed by atoms with van der Waals surface area (Å²) >= 11 is 0. The van der Waals surface area contributed by atoms with Crippen molar-refractivity contribution in [1.29, 1.82) is 0 Å². The van der Waals surface area contributed by atoms with Gasteiger partial charge in [-0.25, -0.2) is 0 Å². The molecule has 0 aromatic heterocycles. The Balaban J connectivity index is 1.84. The van der Waals surface area contributed by atoms with Crippen molar-refractivity contribution >= 4 is 0 Å². The lowest BCUT2D eigenvalue weighted by atomic mass is 9.85. The van der Waals surface area contributed by atoms with E-state index in [1.807, 2.05) is 0 Å². The zero-order valence-corrected chi connectivity index (χ0v) is 13.2. The van der Waals surface area contributed by atoms with Crippen LogP contribution in [0.2, 0.25) is 0 Å². The molecule has 0 heterocycles. The molecule has 0 aliphatic heterocycles. The number of ether oxygens (including phenoxy) is 1. The molecule has 4 heteroatoms. The van der Waals surface area contributed by atoms with Crippen LogP contribution in [-0.4, -0.2) is 61.5 Å². The van der Waals surface area contributed by atoms with Gasteiger partial charge in [0.25, 0.3) is 0 Å². The summed E-state index contributed by atoms with van der Waals surface area (Å²) in [6.45, 7) is 6.43. The molecule has 0 amide bonds. The second-order valence-corrected chi connectivity index (χ2v) is 6.48. The summed E-state index contributed by atoms with van der Waals surface area (Å²) in [6.07, 6.45) is 7.55.